The lowest BCUT2D eigenvalue weighted by molar-refractivity contribution is 0.191. The summed E-state index contributed by atoms with van der Waals surface area (Å²) in [5.74, 6) is 0.818. The largest absolute Gasteiger partial charge is 0.493 e. The molecule has 0 aliphatic rings. The number of aryl methyl sites for hydroxylation is 1. The number of unbranched alkanes of at least 4 members (excludes halogenated alkanes) is 1. The van der Waals surface area contributed by atoms with Crippen LogP contribution in [0.5, 0.6) is 5.75 Å². The van der Waals surface area contributed by atoms with E-state index in [1.54, 1.807) is 6.92 Å². The smallest absolute Gasteiger partial charge is 0.125 e. The van der Waals surface area contributed by atoms with Crippen LogP contribution in [0.3, 0.4) is 0 Å². The van der Waals surface area contributed by atoms with Gasteiger partial charge in [0.15, 0.2) is 0 Å². The molecule has 0 heterocycles. The SMILES string of the molecule is CCCCOc1cc(C)ccc1C(C)O. The van der Waals surface area contributed by atoms with Gasteiger partial charge in [0.1, 0.15) is 5.75 Å². The van der Waals surface area contributed by atoms with Crippen molar-refractivity contribution in [2.45, 2.75) is 39.7 Å². The lowest BCUT2D eigenvalue weighted by atomic mass is 10.1. The van der Waals surface area contributed by atoms with Crippen molar-refractivity contribution in [1.29, 1.82) is 0 Å². The molecule has 1 atom stereocenters. The van der Waals surface area contributed by atoms with E-state index in [-0.39, 0.29) is 0 Å². The molecule has 0 fully saturated rings. The molecule has 2 heteroatoms. The molecule has 1 aromatic rings. The summed E-state index contributed by atoms with van der Waals surface area (Å²) in [7, 11) is 0. The summed E-state index contributed by atoms with van der Waals surface area (Å²) in [6.45, 7) is 6.64. The van der Waals surface area contributed by atoms with Crippen molar-refractivity contribution in [2.75, 3.05) is 6.61 Å². The van der Waals surface area contributed by atoms with Gasteiger partial charge in [-0.05, 0) is 31.9 Å². The summed E-state index contributed by atoms with van der Waals surface area (Å²) in [6, 6.07) is 5.91. The zero-order valence-electron chi connectivity index (χ0n) is 9.79. The minimum Gasteiger partial charge on any atom is -0.493 e. The molecule has 84 valence electrons. The molecule has 15 heavy (non-hydrogen) atoms. The third kappa shape index (κ3) is 3.56. The third-order valence-electron chi connectivity index (χ3n) is 2.37. The van der Waals surface area contributed by atoms with E-state index in [9.17, 15) is 5.11 Å². The molecule has 0 aliphatic carbocycles. The maximum atomic E-state index is 9.57. The summed E-state index contributed by atoms with van der Waals surface area (Å²) in [6.07, 6.45) is 1.70. The lowest BCUT2D eigenvalue weighted by Gasteiger charge is -2.13. The highest BCUT2D eigenvalue weighted by Gasteiger charge is 2.08. The Morgan fingerprint density at radius 3 is 2.73 bits per heavy atom. The Kier molecular flexibility index (Phi) is 4.63. The second-order valence-corrected chi connectivity index (χ2v) is 3.92. The Morgan fingerprint density at radius 1 is 1.40 bits per heavy atom. The van der Waals surface area contributed by atoms with Crippen LogP contribution >= 0.6 is 0 Å². The molecule has 0 saturated heterocycles. The third-order valence-corrected chi connectivity index (χ3v) is 2.37. The number of rotatable bonds is 5. The second kappa shape index (κ2) is 5.76. The Bertz CT molecular complexity index is 305. The highest BCUT2D eigenvalue weighted by Crippen LogP contribution is 2.26. The minimum atomic E-state index is -0.470. The van der Waals surface area contributed by atoms with Crippen molar-refractivity contribution in [1.82, 2.24) is 0 Å². The van der Waals surface area contributed by atoms with Crippen LogP contribution in [0.2, 0.25) is 0 Å². The van der Waals surface area contributed by atoms with E-state index >= 15 is 0 Å². The molecule has 0 spiro atoms. The molecule has 0 aromatic heterocycles. The van der Waals surface area contributed by atoms with Gasteiger partial charge in [0.05, 0.1) is 12.7 Å². The van der Waals surface area contributed by atoms with Gasteiger partial charge >= 0.3 is 0 Å². The second-order valence-electron chi connectivity index (χ2n) is 3.92. The highest BCUT2D eigenvalue weighted by molar-refractivity contribution is 5.38. The van der Waals surface area contributed by atoms with Crippen LogP contribution in [0.25, 0.3) is 0 Å². The van der Waals surface area contributed by atoms with Crippen molar-refractivity contribution < 1.29 is 9.84 Å². The van der Waals surface area contributed by atoms with Crippen LogP contribution in [0.1, 0.15) is 43.9 Å². The summed E-state index contributed by atoms with van der Waals surface area (Å²) < 4.78 is 5.66. The standard InChI is InChI=1S/C13H20O2/c1-4-5-8-15-13-9-10(2)6-7-12(13)11(3)14/h6-7,9,11,14H,4-5,8H2,1-3H3. The molecule has 1 unspecified atom stereocenters. The summed E-state index contributed by atoms with van der Waals surface area (Å²) in [4.78, 5) is 0. The first-order valence-electron chi connectivity index (χ1n) is 5.56. The Balaban J connectivity index is 2.77. The van der Waals surface area contributed by atoms with E-state index in [1.807, 2.05) is 25.1 Å². The molecular formula is C13H20O2. The lowest BCUT2D eigenvalue weighted by Crippen LogP contribution is -2.02. The van der Waals surface area contributed by atoms with Crippen molar-refractivity contribution in [3.05, 3.63) is 29.3 Å². The van der Waals surface area contributed by atoms with Crippen LogP contribution in [-0.4, -0.2) is 11.7 Å². The molecule has 1 rings (SSSR count). The quantitative estimate of drug-likeness (QED) is 0.753. The van der Waals surface area contributed by atoms with Gasteiger partial charge < -0.3 is 9.84 Å². The molecule has 1 aromatic carbocycles. The molecule has 0 bridgehead atoms. The van der Waals surface area contributed by atoms with Crippen molar-refractivity contribution >= 4 is 0 Å². The number of benzene rings is 1. The Morgan fingerprint density at radius 2 is 2.13 bits per heavy atom. The van der Waals surface area contributed by atoms with Gasteiger partial charge in [0, 0.05) is 5.56 Å². The van der Waals surface area contributed by atoms with Crippen LogP contribution in [0.15, 0.2) is 18.2 Å². The first-order chi connectivity index (χ1) is 7.15. The van der Waals surface area contributed by atoms with Crippen molar-refractivity contribution in [2.24, 2.45) is 0 Å². The van der Waals surface area contributed by atoms with Gasteiger partial charge in [-0.15, -0.1) is 0 Å². The zero-order chi connectivity index (χ0) is 11.3. The van der Waals surface area contributed by atoms with Gasteiger partial charge in [-0.25, -0.2) is 0 Å². The predicted octanol–water partition coefficient (Wildman–Crippen LogP) is 3.23. The van der Waals surface area contributed by atoms with E-state index in [0.717, 1.165) is 36.3 Å². The summed E-state index contributed by atoms with van der Waals surface area (Å²) in [5.41, 5.74) is 2.03. The average molecular weight is 208 g/mol. The van der Waals surface area contributed by atoms with Crippen LogP contribution < -0.4 is 4.74 Å². The Labute approximate surface area is 91.9 Å². The van der Waals surface area contributed by atoms with E-state index in [2.05, 4.69) is 6.92 Å². The van der Waals surface area contributed by atoms with Gasteiger partial charge in [-0.2, -0.15) is 0 Å². The van der Waals surface area contributed by atoms with Crippen LogP contribution in [0.4, 0.5) is 0 Å². The van der Waals surface area contributed by atoms with E-state index in [0.29, 0.717) is 0 Å². The van der Waals surface area contributed by atoms with Gasteiger partial charge in [0.2, 0.25) is 0 Å². The van der Waals surface area contributed by atoms with Crippen molar-refractivity contribution in [3.63, 3.8) is 0 Å². The molecule has 0 saturated carbocycles. The molecular weight excluding hydrogens is 188 g/mol. The van der Waals surface area contributed by atoms with Crippen LogP contribution in [0, 0.1) is 6.92 Å². The van der Waals surface area contributed by atoms with E-state index in [4.69, 9.17) is 4.74 Å². The molecule has 1 N–H and O–H groups in total. The molecule has 0 aliphatic heterocycles. The summed E-state index contributed by atoms with van der Waals surface area (Å²) >= 11 is 0. The average Bonchev–Trinajstić information content (AvgIpc) is 2.18. The van der Waals surface area contributed by atoms with E-state index < -0.39 is 6.10 Å². The van der Waals surface area contributed by atoms with Gasteiger partial charge in [0.25, 0.3) is 0 Å². The number of aliphatic hydroxyl groups excluding tert-OH is 1. The number of hydrogen-bond donors (Lipinski definition) is 1. The van der Waals surface area contributed by atoms with E-state index in [1.165, 1.54) is 0 Å². The fourth-order valence-corrected chi connectivity index (χ4v) is 1.44. The van der Waals surface area contributed by atoms with Crippen molar-refractivity contribution in [3.8, 4) is 5.75 Å². The first-order valence-corrected chi connectivity index (χ1v) is 5.56. The predicted molar refractivity (Wildman–Crippen MR) is 62.2 cm³/mol. The summed E-state index contributed by atoms with van der Waals surface area (Å²) in [5, 5.41) is 9.57. The number of hydrogen-bond acceptors (Lipinski definition) is 2. The fraction of sp³-hybridized carbons (Fsp3) is 0.538. The number of ether oxygens (including phenoxy) is 1. The molecule has 0 amide bonds. The maximum Gasteiger partial charge on any atom is 0.125 e. The van der Waals surface area contributed by atoms with Gasteiger partial charge in [-0.1, -0.05) is 25.5 Å². The topological polar surface area (TPSA) is 29.5 Å². The van der Waals surface area contributed by atoms with Crippen LogP contribution in [-0.2, 0) is 0 Å². The monoisotopic (exact) mass is 208 g/mol. The highest BCUT2D eigenvalue weighted by atomic mass is 16.5. The Hall–Kier alpha value is -1.02. The maximum absolute atomic E-state index is 9.57. The normalized spacial score (nSPS) is 12.5. The van der Waals surface area contributed by atoms with Gasteiger partial charge in [-0.3, -0.25) is 0 Å². The first kappa shape index (κ1) is 12.1. The minimum absolute atomic E-state index is 0.470. The fourth-order valence-electron chi connectivity index (χ4n) is 1.44. The number of aliphatic hydroxyl groups is 1. The zero-order valence-corrected chi connectivity index (χ0v) is 9.79. The molecule has 2 nitrogen and oxygen atoms in total. The molecule has 0 radical (unpaired) electrons.